The largest absolute Gasteiger partial charge is 0.495 e. The average molecular weight is 525 g/mol. The van der Waals surface area contributed by atoms with Crippen LogP contribution in [-0.2, 0) is 20.0 Å². The molecule has 186 valence electrons. The van der Waals surface area contributed by atoms with Gasteiger partial charge in [-0.2, -0.15) is 0 Å². The Bertz CT molecular complexity index is 1550. The van der Waals surface area contributed by atoms with Crippen molar-refractivity contribution in [3.8, 4) is 17.2 Å². The molecular formula is C26H24N2O6S2. The van der Waals surface area contributed by atoms with E-state index in [9.17, 15) is 16.8 Å². The lowest BCUT2D eigenvalue weighted by Gasteiger charge is -2.13. The highest BCUT2D eigenvalue weighted by molar-refractivity contribution is 7.93. The van der Waals surface area contributed by atoms with Gasteiger partial charge in [0.15, 0.2) is 0 Å². The lowest BCUT2D eigenvalue weighted by Crippen LogP contribution is -2.15. The molecule has 0 aromatic heterocycles. The molecule has 0 unspecified atom stereocenters. The lowest BCUT2D eigenvalue weighted by molar-refractivity contribution is 0.417. The van der Waals surface area contributed by atoms with Crippen LogP contribution < -0.4 is 18.9 Å². The summed E-state index contributed by atoms with van der Waals surface area (Å²) in [5.74, 6) is 1.51. The normalized spacial score (nSPS) is 11.5. The fourth-order valence-corrected chi connectivity index (χ4v) is 5.45. The van der Waals surface area contributed by atoms with E-state index in [1.54, 1.807) is 42.5 Å². The Morgan fingerprint density at radius 1 is 0.639 bits per heavy atom. The zero-order chi connectivity index (χ0) is 25.8. The van der Waals surface area contributed by atoms with Crippen molar-refractivity contribution in [3.05, 3.63) is 103 Å². The number of benzene rings is 4. The van der Waals surface area contributed by atoms with Crippen molar-refractivity contribution in [2.45, 2.75) is 16.7 Å². The van der Waals surface area contributed by atoms with Crippen LogP contribution in [0.1, 0.15) is 5.56 Å². The number of hydrogen-bond donors (Lipinski definition) is 2. The van der Waals surface area contributed by atoms with Crippen LogP contribution in [0.5, 0.6) is 17.2 Å². The maximum absolute atomic E-state index is 12.8. The quantitative estimate of drug-likeness (QED) is 0.303. The Morgan fingerprint density at radius 2 is 1.19 bits per heavy atom. The Balaban J connectivity index is 1.46. The van der Waals surface area contributed by atoms with E-state index < -0.39 is 20.0 Å². The first-order chi connectivity index (χ1) is 17.2. The van der Waals surface area contributed by atoms with Crippen molar-refractivity contribution < 1.29 is 26.3 Å². The summed E-state index contributed by atoms with van der Waals surface area (Å²) in [7, 11) is -6.38. The molecule has 0 aliphatic heterocycles. The van der Waals surface area contributed by atoms with Gasteiger partial charge in [-0.1, -0.05) is 24.3 Å². The van der Waals surface area contributed by atoms with E-state index in [1.807, 2.05) is 25.1 Å². The van der Waals surface area contributed by atoms with Crippen molar-refractivity contribution in [2.24, 2.45) is 0 Å². The zero-order valence-electron chi connectivity index (χ0n) is 19.5. The second-order valence-corrected chi connectivity index (χ2v) is 11.2. The molecule has 36 heavy (non-hydrogen) atoms. The van der Waals surface area contributed by atoms with Crippen LogP contribution >= 0.6 is 0 Å². The molecular weight excluding hydrogens is 500 g/mol. The smallest absolute Gasteiger partial charge is 0.262 e. The Kier molecular flexibility index (Phi) is 7.18. The van der Waals surface area contributed by atoms with E-state index in [0.717, 1.165) is 5.56 Å². The maximum Gasteiger partial charge on any atom is 0.262 e. The van der Waals surface area contributed by atoms with Gasteiger partial charge in [-0.3, -0.25) is 9.44 Å². The molecule has 4 aromatic carbocycles. The molecule has 0 saturated heterocycles. The van der Waals surface area contributed by atoms with Gasteiger partial charge in [0.25, 0.3) is 20.0 Å². The van der Waals surface area contributed by atoms with Gasteiger partial charge < -0.3 is 9.47 Å². The number of rotatable bonds is 9. The molecule has 2 N–H and O–H groups in total. The first-order valence-corrected chi connectivity index (χ1v) is 13.8. The molecule has 0 aliphatic rings. The molecule has 0 aliphatic carbocycles. The second-order valence-electron chi connectivity index (χ2n) is 7.83. The van der Waals surface area contributed by atoms with Crippen molar-refractivity contribution in [1.82, 2.24) is 0 Å². The lowest BCUT2D eigenvalue weighted by atomic mass is 10.2. The summed E-state index contributed by atoms with van der Waals surface area (Å²) in [4.78, 5) is 0.00393. The van der Waals surface area contributed by atoms with E-state index in [4.69, 9.17) is 9.47 Å². The number of ether oxygens (including phenoxy) is 2. The second kappa shape index (κ2) is 10.3. The molecule has 0 fully saturated rings. The fourth-order valence-electron chi connectivity index (χ4n) is 3.33. The van der Waals surface area contributed by atoms with Crippen LogP contribution in [0, 0.1) is 6.92 Å². The van der Waals surface area contributed by atoms with E-state index >= 15 is 0 Å². The summed E-state index contributed by atoms with van der Waals surface area (Å²) in [6.45, 7) is 1.84. The fraction of sp³-hybridized carbons (Fsp3) is 0.0769. The van der Waals surface area contributed by atoms with Gasteiger partial charge in [0.1, 0.15) is 17.2 Å². The van der Waals surface area contributed by atoms with Gasteiger partial charge in [-0.15, -0.1) is 0 Å². The minimum atomic E-state index is -3.93. The molecule has 0 saturated carbocycles. The molecule has 0 heterocycles. The summed E-state index contributed by atoms with van der Waals surface area (Å²) in [5, 5.41) is 0. The summed E-state index contributed by atoms with van der Waals surface area (Å²) < 4.78 is 67.2. The molecule has 8 nitrogen and oxygen atoms in total. The van der Waals surface area contributed by atoms with Gasteiger partial charge in [-0.05, 0) is 85.3 Å². The van der Waals surface area contributed by atoms with Crippen molar-refractivity contribution in [1.29, 1.82) is 0 Å². The molecule has 0 bridgehead atoms. The molecule has 0 atom stereocenters. The number of hydrogen-bond acceptors (Lipinski definition) is 6. The van der Waals surface area contributed by atoms with Gasteiger partial charge in [0.2, 0.25) is 0 Å². The minimum absolute atomic E-state index is 0.0311. The van der Waals surface area contributed by atoms with Crippen molar-refractivity contribution in [2.75, 3.05) is 16.6 Å². The Labute approximate surface area is 210 Å². The van der Waals surface area contributed by atoms with E-state index in [2.05, 4.69) is 9.44 Å². The number of methoxy groups -OCH3 is 1. The molecule has 4 aromatic rings. The van der Waals surface area contributed by atoms with Crippen molar-refractivity contribution in [3.63, 3.8) is 0 Å². The summed E-state index contributed by atoms with van der Waals surface area (Å²) >= 11 is 0. The minimum Gasteiger partial charge on any atom is -0.495 e. The van der Waals surface area contributed by atoms with Gasteiger partial charge in [0.05, 0.1) is 22.6 Å². The summed E-state index contributed by atoms with van der Waals surface area (Å²) in [6, 6.07) is 25.6. The van der Waals surface area contributed by atoms with Crippen LogP contribution in [-0.4, -0.2) is 23.9 Å². The number of para-hydroxylation sites is 1. The highest BCUT2D eigenvalue weighted by Gasteiger charge is 2.18. The standard InChI is InChI=1S/C26H24N2O6S2/c1-19-8-17-26(33-2)25(18-19)28-36(31,32)23-13-9-20(10-14-23)27-35(29,30)24-15-11-22(12-16-24)34-21-6-4-3-5-7-21/h3-18,27-28H,1-2H3. The molecule has 0 spiro atoms. The molecule has 0 radical (unpaired) electrons. The summed E-state index contributed by atoms with van der Waals surface area (Å²) in [5.41, 5.74) is 1.38. The first kappa shape index (κ1) is 25.1. The number of nitrogens with one attached hydrogen (secondary N) is 2. The third-order valence-electron chi connectivity index (χ3n) is 5.13. The SMILES string of the molecule is COc1ccc(C)cc1NS(=O)(=O)c1ccc(NS(=O)(=O)c2ccc(Oc3ccccc3)cc2)cc1. The Hall–Kier alpha value is -4.02. The first-order valence-electron chi connectivity index (χ1n) is 10.8. The number of sulfonamides is 2. The summed E-state index contributed by atoms with van der Waals surface area (Å²) in [6.07, 6.45) is 0. The third kappa shape index (κ3) is 5.96. The topological polar surface area (TPSA) is 111 Å². The van der Waals surface area contributed by atoms with Crippen LogP contribution in [0.3, 0.4) is 0 Å². The highest BCUT2D eigenvalue weighted by atomic mass is 32.2. The highest BCUT2D eigenvalue weighted by Crippen LogP contribution is 2.29. The third-order valence-corrected chi connectivity index (χ3v) is 7.91. The Morgan fingerprint density at radius 3 is 1.81 bits per heavy atom. The van der Waals surface area contributed by atoms with Crippen LogP contribution in [0.25, 0.3) is 0 Å². The average Bonchev–Trinajstić information content (AvgIpc) is 2.85. The number of aryl methyl sites for hydroxylation is 1. The van der Waals surface area contributed by atoms with Gasteiger partial charge in [-0.25, -0.2) is 16.8 Å². The molecule has 0 amide bonds. The van der Waals surface area contributed by atoms with Crippen molar-refractivity contribution >= 4 is 31.4 Å². The predicted octanol–water partition coefficient (Wildman–Crippen LogP) is 5.40. The van der Waals surface area contributed by atoms with E-state index in [0.29, 0.717) is 22.9 Å². The number of anilines is 2. The molecule has 4 rings (SSSR count). The maximum atomic E-state index is 12.8. The molecule has 10 heteroatoms. The monoisotopic (exact) mass is 524 g/mol. The van der Waals surface area contributed by atoms with E-state index in [1.165, 1.54) is 43.5 Å². The van der Waals surface area contributed by atoms with E-state index in [-0.39, 0.29) is 15.5 Å². The van der Waals surface area contributed by atoms with Crippen LogP contribution in [0.15, 0.2) is 107 Å². The zero-order valence-corrected chi connectivity index (χ0v) is 21.1. The van der Waals surface area contributed by atoms with Gasteiger partial charge in [0, 0.05) is 5.69 Å². The van der Waals surface area contributed by atoms with Crippen LogP contribution in [0.4, 0.5) is 11.4 Å². The predicted molar refractivity (Wildman–Crippen MR) is 139 cm³/mol. The van der Waals surface area contributed by atoms with Crippen LogP contribution in [0.2, 0.25) is 0 Å². The van der Waals surface area contributed by atoms with Gasteiger partial charge >= 0.3 is 0 Å².